The average molecular weight is 435 g/mol. The summed E-state index contributed by atoms with van der Waals surface area (Å²) < 4.78 is 50.0. The van der Waals surface area contributed by atoms with E-state index < -0.39 is 10.0 Å². The van der Waals surface area contributed by atoms with Gasteiger partial charge in [-0.15, -0.1) is 0 Å². The van der Waals surface area contributed by atoms with E-state index in [0.29, 0.717) is 23.0 Å². The van der Waals surface area contributed by atoms with Crippen LogP contribution in [0.4, 0.5) is 0 Å². The number of ether oxygens (including phenoxy) is 4. The number of hydrogen-bond acceptors (Lipinski definition) is 7. The largest absolute Gasteiger partial charge is 0.493 e. The maximum Gasteiger partial charge on any atom is 0.240 e. The molecule has 1 saturated heterocycles. The highest BCUT2D eigenvalue weighted by Gasteiger charge is 2.27. The molecule has 0 aromatic heterocycles. The summed E-state index contributed by atoms with van der Waals surface area (Å²) in [7, 11) is -0.743. The van der Waals surface area contributed by atoms with Gasteiger partial charge in [0.25, 0.3) is 0 Å². The number of likely N-dealkylation sites (tertiary alicyclic amines) is 1. The lowest BCUT2D eigenvalue weighted by molar-refractivity contribution is 0.173. The van der Waals surface area contributed by atoms with E-state index in [9.17, 15) is 8.42 Å². The van der Waals surface area contributed by atoms with E-state index in [-0.39, 0.29) is 24.3 Å². The molecule has 9 heteroatoms. The SMILES string of the molecule is COc1ccc(S(=O)(=O)NC[C@H](c2ccc3c(c2)OCO3)N2CCCC2)cc1OC. The summed E-state index contributed by atoms with van der Waals surface area (Å²) in [6.45, 7) is 2.31. The number of benzene rings is 2. The van der Waals surface area contributed by atoms with Gasteiger partial charge >= 0.3 is 0 Å². The van der Waals surface area contributed by atoms with E-state index in [1.807, 2.05) is 18.2 Å². The fourth-order valence-electron chi connectivity index (χ4n) is 3.89. The van der Waals surface area contributed by atoms with E-state index in [1.165, 1.54) is 26.4 Å². The Labute approximate surface area is 176 Å². The number of nitrogens with zero attached hydrogens (tertiary/aromatic N) is 1. The molecule has 2 heterocycles. The molecule has 0 saturated carbocycles. The van der Waals surface area contributed by atoms with Crippen LogP contribution < -0.4 is 23.7 Å². The summed E-state index contributed by atoms with van der Waals surface area (Å²) >= 11 is 0. The Bertz CT molecular complexity index is 1000. The van der Waals surface area contributed by atoms with Gasteiger partial charge in [0.05, 0.1) is 19.1 Å². The van der Waals surface area contributed by atoms with Crippen molar-refractivity contribution in [1.82, 2.24) is 9.62 Å². The van der Waals surface area contributed by atoms with Crippen LogP contribution in [-0.2, 0) is 10.0 Å². The summed E-state index contributed by atoms with van der Waals surface area (Å²) in [6, 6.07) is 10.3. The highest BCUT2D eigenvalue weighted by atomic mass is 32.2. The molecule has 30 heavy (non-hydrogen) atoms. The van der Waals surface area contributed by atoms with Gasteiger partial charge in [0.1, 0.15) is 0 Å². The maximum atomic E-state index is 13.0. The molecule has 0 aliphatic carbocycles. The van der Waals surface area contributed by atoms with Gasteiger partial charge in [-0.05, 0) is 55.8 Å². The monoisotopic (exact) mass is 434 g/mol. The van der Waals surface area contributed by atoms with Crippen molar-refractivity contribution in [3.63, 3.8) is 0 Å². The van der Waals surface area contributed by atoms with Crippen molar-refractivity contribution >= 4 is 10.0 Å². The highest BCUT2D eigenvalue weighted by molar-refractivity contribution is 7.89. The first-order chi connectivity index (χ1) is 14.5. The number of nitrogens with one attached hydrogen (secondary N) is 1. The van der Waals surface area contributed by atoms with Crippen molar-refractivity contribution in [2.45, 2.75) is 23.8 Å². The van der Waals surface area contributed by atoms with Crippen LogP contribution in [0.25, 0.3) is 0 Å². The number of rotatable bonds is 8. The average Bonchev–Trinajstić information content (AvgIpc) is 3.45. The second kappa shape index (κ2) is 8.71. The summed E-state index contributed by atoms with van der Waals surface area (Å²) in [4.78, 5) is 2.43. The molecule has 1 fully saturated rings. The molecule has 2 aliphatic rings. The second-order valence-corrected chi connectivity index (χ2v) is 9.01. The molecular formula is C21H26N2O6S. The molecule has 0 radical (unpaired) electrons. The Balaban J connectivity index is 1.56. The number of fused-ring (bicyclic) bond motifs is 1. The van der Waals surface area contributed by atoms with E-state index in [0.717, 1.165) is 31.5 Å². The van der Waals surface area contributed by atoms with Gasteiger partial charge in [0, 0.05) is 18.7 Å². The van der Waals surface area contributed by atoms with E-state index in [2.05, 4.69) is 9.62 Å². The predicted octanol–water partition coefficient (Wildman–Crippen LogP) is 2.55. The third-order valence-electron chi connectivity index (χ3n) is 5.49. The zero-order valence-corrected chi connectivity index (χ0v) is 17.9. The molecule has 4 rings (SSSR count). The number of methoxy groups -OCH3 is 2. The van der Waals surface area contributed by atoms with Gasteiger partial charge in [-0.25, -0.2) is 13.1 Å². The molecule has 162 valence electrons. The minimum Gasteiger partial charge on any atom is -0.493 e. The molecule has 0 unspecified atom stereocenters. The second-order valence-electron chi connectivity index (χ2n) is 7.24. The van der Waals surface area contributed by atoms with Gasteiger partial charge in [0.2, 0.25) is 16.8 Å². The zero-order valence-electron chi connectivity index (χ0n) is 17.1. The van der Waals surface area contributed by atoms with Gasteiger partial charge < -0.3 is 18.9 Å². The van der Waals surface area contributed by atoms with Crippen LogP contribution in [0.3, 0.4) is 0 Å². The zero-order chi connectivity index (χ0) is 21.1. The van der Waals surface area contributed by atoms with Crippen LogP contribution in [0.15, 0.2) is 41.3 Å². The van der Waals surface area contributed by atoms with E-state index >= 15 is 0 Å². The quantitative estimate of drug-likeness (QED) is 0.683. The molecule has 0 spiro atoms. The van der Waals surface area contributed by atoms with E-state index in [4.69, 9.17) is 18.9 Å². The van der Waals surface area contributed by atoms with Crippen LogP contribution in [-0.4, -0.2) is 54.0 Å². The Morgan fingerprint density at radius 3 is 2.47 bits per heavy atom. The van der Waals surface area contributed by atoms with Gasteiger partial charge in [0.15, 0.2) is 23.0 Å². The first-order valence-electron chi connectivity index (χ1n) is 9.87. The van der Waals surface area contributed by atoms with Crippen molar-refractivity contribution in [3.05, 3.63) is 42.0 Å². The molecule has 2 aliphatic heterocycles. The molecule has 1 atom stereocenters. The third-order valence-corrected chi connectivity index (χ3v) is 6.92. The number of sulfonamides is 1. The van der Waals surface area contributed by atoms with Crippen molar-refractivity contribution in [2.75, 3.05) is 40.6 Å². The van der Waals surface area contributed by atoms with Gasteiger partial charge in [-0.3, -0.25) is 4.90 Å². The van der Waals surface area contributed by atoms with E-state index in [1.54, 1.807) is 6.07 Å². The normalized spacial score (nSPS) is 17.1. The fourth-order valence-corrected chi connectivity index (χ4v) is 4.94. The van der Waals surface area contributed by atoms with Crippen LogP contribution >= 0.6 is 0 Å². The molecule has 1 N–H and O–H groups in total. The molecule has 8 nitrogen and oxygen atoms in total. The number of hydrogen-bond donors (Lipinski definition) is 1. The van der Waals surface area contributed by atoms with Crippen molar-refractivity contribution in [3.8, 4) is 23.0 Å². The van der Waals surface area contributed by atoms with Crippen LogP contribution in [0.5, 0.6) is 23.0 Å². The van der Waals surface area contributed by atoms with Gasteiger partial charge in [-0.2, -0.15) is 0 Å². The Hall–Kier alpha value is -2.49. The van der Waals surface area contributed by atoms with Crippen molar-refractivity contribution in [1.29, 1.82) is 0 Å². The van der Waals surface area contributed by atoms with Crippen LogP contribution in [0.1, 0.15) is 24.4 Å². The Kier molecular flexibility index (Phi) is 6.03. The third kappa shape index (κ3) is 4.19. The maximum absolute atomic E-state index is 13.0. The molecule has 0 bridgehead atoms. The summed E-state index contributed by atoms with van der Waals surface area (Å²) in [5.41, 5.74) is 0.996. The molecule has 0 amide bonds. The molecule has 2 aromatic rings. The summed E-state index contributed by atoms with van der Waals surface area (Å²) in [5.74, 6) is 2.25. The van der Waals surface area contributed by atoms with Crippen LogP contribution in [0, 0.1) is 0 Å². The Morgan fingerprint density at radius 1 is 1.00 bits per heavy atom. The molecular weight excluding hydrogens is 408 g/mol. The lowest BCUT2D eigenvalue weighted by Gasteiger charge is -2.28. The smallest absolute Gasteiger partial charge is 0.240 e. The first kappa shape index (κ1) is 20.8. The highest BCUT2D eigenvalue weighted by Crippen LogP contribution is 2.36. The van der Waals surface area contributed by atoms with Crippen molar-refractivity contribution < 1.29 is 27.4 Å². The predicted molar refractivity (Wildman–Crippen MR) is 111 cm³/mol. The standard InChI is InChI=1S/C21H26N2O6S/c1-26-18-8-6-16(12-20(18)27-2)30(24,25)22-13-17(23-9-3-4-10-23)15-5-7-19-21(11-15)29-14-28-19/h5-8,11-12,17,22H,3-4,9-10,13-14H2,1-2H3/t17-/m1/s1. The van der Waals surface area contributed by atoms with Crippen LogP contribution in [0.2, 0.25) is 0 Å². The minimum atomic E-state index is -3.73. The fraction of sp³-hybridized carbons (Fsp3) is 0.429. The first-order valence-corrected chi connectivity index (χ1v) is 11.4. The lowest BCUT2D eigenvalue weighted by Crippen LogP contribution is -2.36. The lowest BCUT2D eigenvalue weighted by atomic mass is 10.1. The van der Waals surface area contributed by atoms with Gasteiger partial charge in [-0.1, -0.05) is 6.07 Å². The molecule has 2 aromatic carbocycles. The summed E-state index contributed by atoms with van der Waals surface area (Å²) in [5, 5.41) is 0. The summed E-state index contributed by atoms with van der Waals surface area (Å²) in [6.07, 6.45) is 2.20. The van der Waals surface area contributed by atoms with Crippen molar-refractivity contribution in [2.24, 2.45) is 0 Å². The minimum absolute atomic E-state index is 0.100. The topological polar surface area (TPSA) is 86.3 Å². The Morgan fingerprint density at radius 2 is 1.73 bits per heavy atom.